The van der Waals surface area contributed by atoms with Crippen molar-refractivity contribution in [3.05, 3.63) is 101 Å². The Labute approximate surface area is 187 Å². The quantitative estimate of drug-likeness (QED) is 0.498. The van der Waals surface area contributed by atoms with Crippen LogP contribution in [-0.4, -0.2) is 28.5 Å². The minimum atomic E-state index is -1.11. The zero-order valence-electron chi connectivity index (χ0n) is 18.1. The number of ether oxygens (including phenoxy) is 1. The molecule has 1 N–H and O–H groups in total. The number of hydrogen-bond donors (Lipinski definition) is 1. The molecular weight excluding hydrogens is 409 g/mol. The minimum absolute atomic E-state index is 0.0174. The minimum Gasteiger partial charge on any atom is -0.483 e. The number of rotatable bonds is 9. The van der Waals surface area contributed by atoms with Crippen molar-refractivity contribution in [3.8, 4) is 5.75 Å². The summed E-state index contributed by atoms with van der Waals surface area (Å²) in [6.07, 6.45) is 0. The second-order valence-corrected chi connectivity index (χ2v) is 7.87. The number of carboxylic acids is 1. The van der Waals surface area contributed by atoms with E-state index in [2.05, 4.69) is 0 Å². The molecule has 3 aromatic rings. The maximum Gasteiger partial charge on any atom is 0.339 e. The van der Waals surface area contributed by atoms with Crippen molar-refractivity contribution < 1.29 is 23.8 Å². The molecule has 0 saturated heterocycles. The topological polar surface area (TPSA) is 66.8 Å². The van der Waals surface area contributed by atoms with Crippen molar-refractivity contribution in [1.29, 1.82) is 0 Å². The third kappa shape index (κ3) is 6.17. The van der Waals surface area contributed by atoms with Crippen molar-refractivity contribution in [3.63, 3.8) is 0 Å². The summed E-state index contributed by atoms with van der Waals surface area (Å²) in [4.78, 5) is 26.3. The van der Waals surface area contributed by atoms with Crippen LogP contribution in [0.1, 0.15) is 46.8 Å². The molecule has 1 amide bonds. The Morgan fingerprint density at radius 1 is 0.938 bits per heavy atom. The zero-order valence-corrected chi connectivity index (χ0v) is 18.1. The molecule has 0 saturated carbocycles. The second-order valence-electron chi connectivity index (χ2n) is 7.87. The molecule has 0 atom stereocenters. The van der Waals surface area contributed by atoms with E-state index in [0.29, 0.717) is 12.1 Å². The van der Waals surface area contributed by atoms with Crippen LogP contribution < -0.4 is 4.74 Å². The SMILES string of the molecule is CC(C)c1ccc(OCC(=O)N(Cc2ccccc2)Cc2cccc(F)c2)c(C(=O)O)c1. The first-order valence-electron chi connectivity index (χ1n) is 10.4. The fourth-order valence-corrected chi connectivity index (χ4v) is 3.32. The molecule has 6 heteroatoms. The van der Waals surface area contributed by atoms with E-state index < -0.39 is 5.97 Å². The predicted molar refractivity (Wildman–Crippen MR) is 120 cm³/mol. The molecule has 0 aliphatic heterocycles. The lowest BCUT2D eigenvalue weighted by Crippen LogP contribution is -2.34. The molecule has 0 spiro atoms. The molecular formula is C26H26FNO4. The molecule has 0 aliphatic carbocycles. The Bertz CT molecular complexity index is 1080. The van der Waals surface area contributed by atoms with Crippen LogP contribution in [0.2, 0.25) is 0 Å². The van der Waals surface area contributed by atoms with Crippen molar-refractivity contribution >= 4 is 11.9 Å². The number of nitrogens with zero attached hydrogens (tertiary/aromatic N) is 1. The van der Waals surface area contributed by atoms with E-state index in [-0.39, 0.29) is 42.1 Å². The van der Waals surface area contributed by atoms with Crippen LogP contribution >= 0.6 is 0 Å². The highest BCUT2D eigenvalue weighted by Crippen LogP contribution is 2.25. The van der Waals surface area contributed by atoms with Gasteiger partial charge in [0, 0.05) is 13.1 Å². The standard InChI is InChI=1S/C26H26FNO4/c1-18(2)21-11-12-24(23(14-21)26(30)31)32-17-25(29)28(15-19-7-4-3-5-8-19)16-20-9-6-10-22(27)13-20/h3-14,18H,15-17H2,1-2H3,(H,30,31). The van der Waals surface area contributed by atoms with Crippen LogP contribution in [0.25, 0.3) is 0 Å². The third-order valence-corrected chi connectivity index (χ3v) is 5.08. The normalized spacial score (nSPS) is 10.8. The number of carboxylic acid groups (broad SMARTS) is 1. The summed E-state index contributed by atoms with van der Waals surface area (Å²) in [5, 5.41) is 9.55. The van der Waals surface area contributed by atoms with Gasteiger partial charge in [0.2, 0.25) is 0 Å². The Morgan fingerprint density at radius 2 is 1.62 bits per heavy atom. The van der Waals surface area contributed by atoms with Gasteiger partial charge in [0.1, 0.15) is 17.1 Å². The van der Waals surface area contributed by atoms with Crippen molar-refractivity contribution in [1.82, 2.24) is 4.90 Å². The van der Waals surface area contributed by atoms with Gasteiger partial charge >= 0.3 is 5.97 Å². The van der Waals surface area contributed by atoms with Gasteiger partial charge in [-0.2, -0.15) is 0 Å². The lowest BCUT2D eigenvalue weighted by atomic mass is 10.0. The van der Waals surface area contributed by atoms with Crippen molar-refractivity contribution in [2.75, 3.05) is 6.61 Å². The van der Waals surface area contributed by atoms with E-state index in [4.69, 9.17) is 4.74 Å². The molecule has 0 fully saturated rings. The van der Waals surface area contributed by atoms with Crippen LogP contribution in [0.4, 0.5) is 4.39 Å². The first-order chi connectivity index (χ1) is 15.3. The van der Waals surface area contributed by atoms with Gasteiger partial charge < -0.3 is 14.7 Å². The van der Waals surface area contributed by atoms with Gasteiger partial charge in [0.15, 0.2) is 6.61 Å². The highest BCUT2D eigenvalue weighted by Gasteiger charge is 2.19. The highest BCUT2D eigenvalue weighted by atomic mass is 19.1. The van der Waals surface area contributed by atoms with Gasteiger partial charge in [-0.05, 0) is 46.9 Å². The van der Waals surface area contributed by atoms with E-state index >= 15 is 0 Å². The van der Waals surface area contributed by atoms with E-state index in [1.807, 2.05) is 44.2 Å². The van der Waals surface area contributed by atoms with Crippen LogP contribution in [0, 0.1) is 5.82 Å². The fourth-order valence-electron chi connectivity index (χ4n) is 3.32. The average molecular weight is 435 g/mol. The summed E-state index contributed by atoms with van der Waals surface area (Å²) in [6.45, 7) is 4.13. The summed E-state index contributed by atoms with van der Waals surface area (Å²) in [6, 6.07) is 20.5. The average Bonchev–Trinajstić information content (AvgIpc) is 2.77. The number of carbonyl (C=O) groups is 2. The van der Waals surface area contributed by atoms with Crippen LogP contribution in [0.5, 0.6) is 5.75 Å². The van der Waals surface area contributed by atoms with Crippen LogP contribution in [-0.2, 0) is 17.9 Å². The molecule has 0 aromatic heterocycles. The Morgan fingerprint density at radius 3 is 2.28 bits per heavy atom. The molecule has 0 unspecified atom stereocenters. The summed E-state index contributed by atoms with van der Waals surface area (Å²) in [7, 11) is 0. The van der Waals surface area contributed by atoms with E-state index in [0.717, 1.165) is 11.1 Å². The lowest BCUT2D eigenvalue weighted by molar-refractivity contribution is -0.134. The summed E-state index contributed by atoms with van der Waals surface area (Å²) < 4.78 is 19.3. The molecule has 0 radical (unpaired) electrons. The maximum absolute atomic E-state index is 13.6. The number of amides is 1. The highest BCUT2D eigenvalue weighted by molar-refractivity contribution is 5.91. The molecule has 3 rings (SSSR count). The first-order valence-corrected chi connectivity index (χ1v) is 10.4. The zero-order chi connectivity index (χ0) is 23.1. The van der Waals surface area contributed by atoms with Gasteiger partial charge in [-0.3, -0.25) is 4.79 Å². The number of hydrogen-bond acceptors (Lipinski definition) is 3. The second kappa shape index (κ2) is 10.6. The predicted octanol–water partition coefficient (Wildman–Crippen LogP) is 5.26. The third-order valence-electron chi connectivity index (χ3n) is 5.08. The molecule has 5 nitrogen and oxygen atoms in total. The first kappa shape index (κ1) is 23.0. The molecule has 166 valence electrons. The summed E-state index contributed by atoms with van der Waals surface area (Å²) in [5.74, 6) is -1.52. The number of aromatic carboxylic acids is 1. The maximum atomic E-state index is 13.6. The Balaban J connectivity index is 1.78. The van der Waals surface area contributed by atoms with Gasteiger partial charge in [0.05, 0.1) is 0 Å². The molecule has 0 bridgehead atoms. The van der Waals surface area contributed by atoms with Crippen LogP contribution in [0.3, 0.4) is 0 Å². The number of benzene rings is 3. The van der Waals surface area contributed by atoms with Crippen molar-refractivity contribution in [2.24, 2.45) is 0 Å². The Kier molecular flexibility index (Phi) is 7.60. The summed E-state index contributed by atoms with van der Waals surface area (Å²) >= 11 is 0. The fraction of sp³-hybridized carbons (Fsp3) is 0.231. The van der Waals surface area contributed by atoms with Gasteiger partial charge in [0.25, 0.3) is 5.91 Å². The molecule has 3 aromatic carbocycles. The lowest BCUT2D eigenvalue weighted by Gasteiger charge is -2.23. The van der Waals surface area contributed by atoms with Gasteiger partial charge in [-0.1, -0.05) is 62.4 Å². The number of halogens is 1. The van der Waals surface area contributed by atoms with Gasteiger partial charge in [-0.15, -0.1) is 0 Å². The van der Waals surface area contributed by atoms with Gasteiger partial charge in [-0.25, -0.2) is 9.18 Å². The summed E-state index contributed by atoms with van der Waals surface area (Å²) in [5.41, 5.74) is 2.47. The number of carbonyl (C=O) groups excluding carboxylic acids is 1. The largest absolute Gasteiger partial charge is 0.483 e. The molecule has 32 heavy (non-hydrogen) atoms. The molecule has 0 heterocycles. The monoisotopic (exact) mass is 435 g/mol. The van der Waals surface area contributed by atoms with Crippen LogP contribution in [0.15, 0.2) is 72.8 Å². The molecule has 0 aliphatic rings. The van der Waals surface area contributed by atoms with Crippen molar-refractivity contribution in [2.45, 2.75) is 32.9 Å². The smallest absolute Gasteiger partial charge is 0.339 e. The van der Waals surface area contributed by atoms with E-state index in [1.165, 1.54) is 12.1 Å². The Hall–Kier alpha value is -3.67. The van der Waals surface area contributed by atoms with E-state index in [9.17, 15) is 19.1 Å². The van der Waals surface area contributed by atoms with E-state index in [1.54, 1.807) is 35.2 Å².